The first-order valence-corrected chi connectivity index (χ1v) is 9.72. The van der Waals surface area contributed by atoms with Crippen LogP contribution < -0.4 is 9.64 Å². The number of hydrogen-bond donors (Lipinski definition) is 0. The van der Waals surface area contributed by atoms with Crippen molar-refractivity contribution in [2.75, 3.05) is 38.3 Å². The van der Waals surface area contributed by atoms with Gasteiger partial charge in [-0.2, -0.15) is 0 Å². The Morgan fingerprint density at radius 3 is 2.52 bits per heavy atom. The summed E-state index contributed by atoms with van der Waals surface area (Å²) in [6, 6.07) is 7.11. The van der Waals surface area contributed by atoms with E-state index in [2.05, 4.69) is 11.0 Å². The second-order valence-corrected chi connectivity index (χ2v) is 7.34. The van der Waals surface area contributed by atoms with E-state index in [9.17, 15) is 9.59 Å². The van der Waals surface area contributed by atoms with Gasteiger partial charge in [-0.25, -0.2) is 0 Å². The molecule has 0 N–H and O–H groups in total. The molecule has 2 heterocycles. The van der Waals surface area contributed by atoms with Crippen LogP contribution in [0.2, 0.25) is 0 Å². The molecule has 3 aliphatic rings. The molecule has 0 unspecified atom stereocenters. The summed E-state index contributed by atoms with van der Waals surface area (Å²) in [4.78, 5) is 29.6. The zero-order valence-electron chi connectivity index (χ0n) is 15.7. The molecule has 6 heteroatoms. The van der Waals surface area contributed by atoms with Crippen LogP contribution in [0.3, 0.4) is 0 Å². The van der Waals surface area contributed by atoms with E-state index < -0.39 is 0 Å². The first-order valence-electron chi connectivity index (χ1n) is 9.72. The van der Waals surface area contributed by atoms with Crippen LogP contribution in [-0.2, 0) is 14.3 Å². The van der Waals surface area contributed by atoms with Gasteiger partial charge in [0.2, 0.25) is 11.8 Å². The predicted molar refractivity (Wildman–Crippen MR) is 101 cm³/mol. The summed E-state index contributed by atoms with van der Waals surface area (Å²) in [5.41, 5.74) is 1.87. The molecule has 2 saturated heterocycles. The van der Waals surface area contributed by atoms with Crippen LogP contribution in [0, 0.1) is 11.8 Å². The van der Waals surface area contributed by atoms with Gasteiger partial charge in [0.05, 0.1) is 31.9 Å². The summed E-state index contributed by atoms with van der Waals surface area (Å²) >= 11 is 0. The molecule has 6 nitrogen and oxygen atoms in total. The molecule has 2 aliphatic heterocycles. The topological polar surface area (TPSA) is 59.1 Å². The highest BCUT2D eigenvalue weighted by Crippen LogP contribution is 2.40. The first-order chi connectivity index (χ1) is 13.2. The van der Waals surface area contributed by atoms with E-state index in [0.29, 0.717) is 11.4 Å². The third kappa shape index (κ3) is 3.46. The van der Waals surface area contributed by atoms with Gasteiger partial charge in [-0.3, -0.25) is 14.5 Å². The zero-order chi connectivity index (χ0) is 18.8. The van der Waals surface area contributed by atoms with Gasteiger partial charge >= 0.3 is 0 Å². The fourth-order valence-corrected chi connectivity index (χ4v) is 4.45. The van der Waals surface area contributed by atoms with Crippen molar-refractivity contribution in [3.8, 4) is 5.75 Å². The van der Waals surface area contributed by atoms with Crippen LogP contribution in [0.25, 0.3) is 0 Å². The maximum Gasteiger partial charge on any atom is 0.238 e. The quantitative estimate of drug-likeness (QED) is 0.763. The van der Waals surface area contributed by atoms with Gasteiger partial charge < -0.3 is 14.4 Å². The average molecular weight is 370 g/mol. The van der Waals surface area contributed by atoms with Crippen molar-refractivity contribution in [1.82, 2.24) is 4.90 Å². The monoisotopic (exact) mass is 370 g/mol. The van der Waals surface area contributed by atoms with E-state index in [-0.39, 0.29) is 30.1 Å². The number of carbonyl (C=O) groups is 2. The molecular formula is C21H26N2O4. The number of imide groups is 1. The molecular weight excluding hydrogens is 344 g/mol. The van der Waals surface area contributed by atoms with Gasteiger partial charge in [-0.1, -0.05) is 6.08 Å². The molecule has 2 atom stereocenters. The van der Waals surface area contributed by atoms with E-state index in [1.54, 1.807) is 31.4 Å². The Labute approximate surface area is 159 Å². The lowest BCUT2D eigenvalue weighted by atomic mass is 9.80. The summed E-state index contributed by atoms with van der Waals surface area (Å²) < 4.78 is 10.6. The highest BCUT2D eigenvalue weighted by molar-refractivity contribution is 6.21. The van der Waals surface area contributed by atoms with Crippen LogP contribution in [-0.4, -0.2) is 50.1 Å². The van der Waals surface area contributed by atoms with Gasteiger partial charge in [0.25, 0.3) is 0 Å². The third-order valence-corrected chi connectivity index (χ3v) is 5.83. The van der Waals surface area contributed by atoms with Gasteiger partial charge in [-0.15, -0.1) is 0 Å². The molecule has 2 fully saturated rings. The van der Waals surface area contributed by atoms with Crippen molar-refractivity contribution < 1.29 is 19.1 Å². The van der Waals surface area contributed by atoms with Crippen LogP contribution in [0.4, 0.5) is 5.69 Å². The number of allylic oxidation sites excluding steroid dienone is 2. The molecule has 0 saturated carbocycles. The molecule has 0 bridgehead atoms. The lowest BCUT2D eigenvalue weighted by Gasteiger charge is -2.38. The van der Waals surface area contributed by atoms with Crippen LogP contribution in [0.15, 0.2) is 36.0 Å². The number of ether oxygens (including phenoxy) is 2. The SMILES string of the molecule is COc1ccc(N2C(=O)C[C@H]([C@H]3CCCC=C3N3CCOCC3)C2=O)cc1. The number of hydrogen-bond acceptors (Lipinski definition) is 5. The fraction of sp³-hybridized carbons (Fsp3) is 0.524. The molecule has 2 amide bonds. The van der Waals surface area contributed by atoms with Crippen molar-refractivity contribution in [3.63, 3.8) is 0 Å². The molecule has 0 spiro atoms. The molecule has 0 aromatic heterocycles. The normalized spacial score (nSPS) is 26.3. The van der Waals surface area contributed by atoms with Crippen LogP contribution in [0.5, 0.6) is 5.75 Å². The highest BCUT2D eigenvalue weighted by atomic mass is 16.5. The van der Waals surface area contributed by atoms with Gasteiger partial charge in [-0.05, 0) is 43.5 Å². The second kappa shape index (κ2) is 7.72. The Hall–Kier alpha value is -2.34. The van der Waals surface area contributed by atoms with Crippen molar-refractivity contribution in [3.05, 3.63) is 36.0 Å². The minimum Gasteiger partial charge on any atom is -0.497 e. The van der Waals surface area contributed by atoms with Crippen molar-refractivity contribution >= 4 is 17.5 Å². The Morgan fingerprint density at radius 2 is 1.81 bits per heavy atom. The molecule has 4 rings (SSSR count). The molecule has 1 aliphatic carbocycles. The number of nitrogens with zero attached hydrogens (tertiary/aromatic N) is 2. The predicted octanol–water partition coefficient (Wildman–Crippen LogP) is 2.59. The van der Waals surface area contributed by atoms with Crippen LogP contribution in [0.1, 0.15) is 25.7 Å². The number of rotatable bonds is 4. The molecule has 27 heavy (non-hydrogen) atoms. The lowest BCUT2D eigenvalue weighted by Crippen LogP contribution is -2.41. The minimum atomic E-state index is -0.269. The van der Waals surface area contributed by atoms with E-state index in [4.69, 9.17) is 9.47 Å². The van der Waals surface area contributed by atoms with Crippen molar-refractivity contribution in [2.45, 2.75) is 25.7 Å². The number of amides is 2. The van der Waals surface area contributed by atoms with Gasteiger partial charge in [0.1, 0.15) is 5.75 Å². The highest BCUT2D eigenvalue weighted by Gasteiger charge is 2.45. The van der Waals surface area contributed by atoms with Gasteiger partial charge in [0.15, 0.2) is 0 Å². The number of anilines is 1. The van der Waals surface area contributed by atoms with E-state index in [1.165, 1.54) is 10.6 Å². The molecule has 1 aromatic rings. The molecule has 144 valence electrons. The van der Waals surface area contributed by atoms with E-state index >= 15 is 0 Å². The van der Waals surface area contributed by atoms with Crippen LogP contribution >= 0.6 is 0 Å². The van der Waals surface area contributed by atoms with E-state index in [1.807, 2.05) is 0 Å². The lowest BCUT2D eigenvalue weighted by molar-refractivity contribution is -0.123. The smallest absolute Gasteiger partial charge is 0.238 e. The largest absolute Gasteiger partial charge is 0.497 e. The van der Waals surface area contributed by atoms with Gasteiger partial charge in [0, 0.05) is 31.1 Å². The fourth-order valence-electron chi connectivity index (χ4n) is 4.45. The van der Waals surface area contributed by atoms with Crippen molar-refractivity contribution in [1.29, 1.82) is 0 Å². The molecule has 0 radical (unpaired) electrons. The summed E-state index contributed by atoms with van der Waals surface area (Å²) in [5, 5.41) is 0. The maximum atomic E-state index is 13.2. The minimum absolute atomic E-state index is 0.0729. The zero-order valence-corrected chi connectivity index (χ0v) is 15.7. The summed E-state index contributed by atoms with van der Waals surface area (Å²) in [6.45, 7) is 3.16. The number of benzene rings is 1. The van der Waals surface area contributed by atoms with E-state index in [0.717, 1.165) is 45.6 Å². The number of methoxy groups -OCH3 is 1. The average Bonchev–Trinajstić information content (AvgIpc) is 3.02. The summed E-state index contributed by atoms with van der Waals surface area (Å²) in [5.74, 6) is 0.378. The summed E-state index contributed by atoms with van der Waals surface area (Å²) in [6.07, 6.45) is 5.63. The van der Waals surface area contributed by atoms with Crippen molar-refractivity contribution in [2.24, 2.45) is 11.8 Å². The second-order valence-electron chi connectivity index (χ2n) is 7.34. The number of carbonyl (C=O) groups excluding carboxylic acids is 2. The summed E-state index contributed by atoms with van der Waals surface area (Å²) in [7, 11) is 1.60. The Balaban J connectivity index is 1.56. The number of morpholine rings is 1. The molecule has 1 aromatic carbocycles. The Bertz CT molecular complexity index is 737. The Morgan fingerprint density at radius 1 is 1.07 bits per heavy atom. The standard InChI is InChI=1S/C21H26N2O4/c1-26-16-8-6-15(7-9-16)23-20(24)14-18(21(23)25)17-4-2-3-5-19(17)22-10-12-27-13-11-22/h5-9,17-18H,2-4,10-14H2,1H3/t17-,18-/m1/s1. The Kier molecular flexibility index (Phi) is 5.16. The third-order valence-electron chi connectivity index (χ3n) is 5.83. The first kappa shape index (κ1) is 18.0. The maximum absolute atomic E-state index is 13.2.